The molecule has 0 aliphatic carbocycles. The number of para-hydroxylation sites is 1. The molecule has 6 nitrogen and oxygen atoms in total. The number of hydrogen-bond donors (Lipinski definition) is 1. The zero-order chi connectivity index (χ0) is 19.5. The number of esters is 1. The molecular weight excluding hydrogens is 344 g/mol. The fourth-order valence-corrected chi connectivity index (χ4v) is 2.44. The molecule has 0 bridgehead atoms. The second kappa shape index (κ2) is 11.0. The summed E-state index contributed by atoms with van der Waals surface area (Å²) in [6.07, 6.45) is 0. The minimum absolute atomic E-state index is 0.0842. The normalized spacial score (nSPS) is 10.5. The molecule has 0 aliphatic rings. The molecule has 0 atom stereocenters. The van der Waals surface area contributed by atoms with Crippen LogP contribution in [-0.4, -0.2) is 49.6 Å². The fourth-order valence-electron chi connectivity index (χ4n) is 2.44. The number of rotatable bonds is 10. The third-order valence-corrected chi connectivity index (χ3v) is 4.05. The molecule has 27 heavy (non-hydrogen) atoms. The summed E-state index contributed by atoms with van der Waals surface area (Å²) < 4.78 is 10.7. The maximum atomic E-state index is 12.0. The second-order valence-corrected chi connectivity index (χ2v) is 5.89. The van der Waals surface area contributed by atoms with Crippen molar-refractivity contribution in [2.75, 3.05) is 38.2 Å². The van der Waals surface area contributed by atoms with Crippen molar-refractivity contribution >= 4 is 17.6 Å². The van der Waals surface area contributed by atoms with Gasteiger partial charge in [-0.25, -0.2) is 4.79 Å². The Bertz CT molecular complexity index is 713. The van der Waals surface area contributed by atoms with Gasteiger partial charge < -0.3 is 19.7 Å². The molecule has 0 aromatic heterocycles. The van der Waals surface area contributed by atoms with E-state index in [2.05, 4.69) is 24.1 Å². The van der Waals surface area contributed by atoms with Crippen LogP contribution < -0.4 is 10.1 Å². The first-order chi connectivity index (χ1) is 13.1. The first kappa shape index (κ1) is 20.5. The van der Waals surface area contributed by atoms with E-state index in [9.17, 15) is 9.59 Å². The van der Waals surface area contributed by atoms with Crippen molar-refractivity contribution in [2.24, 2.45) is 0 Å². The minimum Gasteiger partial charge on any atom is -0.484 e. The predicted molar refractivity (Wildman–Crippen MR) is 105 cm³/mol. The van der Waals surface area contributed by atoms with Crippen molar-refractivity contribution in [3.8, 4) is 5.75 Å². The molecule has 6 heteroatoms. The first-order valence-electron chi connectivity index (χ1n) is 9.09. The molecule has 0 saturated carbocycles. The molecule has 1 amide bonds. The molecule has 0 heterocycles. The predicted octanol–water partition coefficient (Wildman–Crippen LogP) is 3.20. The van der Waals surface area contributed by atoms with Gasteiger partial charge in [-0.05, 0) is 49.5 Å². The molecule has 0 spiro atoms. The van der Waals surface area contributed by atoms with E-state index >= 15 is 0 Å². The number of nitrogens with zero attached hydrogens (tertiary/aromatic N) is 1. The van der Waals surface area contributed by atoms with Gasteiger partial charge in [-0.2, -0.15) is 0 Å². The molecular formula is C21H26N2O4. The van der Waals surface area contributed by atoms with Crippen LogP contribution in [0.3, 0.4) is 0 Å². The third-order valence-electron chi connectivity index (χ3n) is 4.05. The minimum atomic E-state index is -0.368. The van der Waals surface area contributed by atoms with Crippen molar-refractivity contribution in [1.29, 1.82) is 0 Å². The average Bonchev–Trinajstić information content (AvgIpc) is 2.71. The Morgan fingerprint density at radius 2 is 1.63 bits per heavy atom. The maximum absolute atomic E-state index is 12.0. The average molecular weight is 370 g/mol. The summed E-state index contributed by atoms with van der Waals surface area (Å²) in [5.41, 5.74) is 1.05. The van der Waals surface area contributed by atoms with Crippen LogP contribution in [0, 0.1) is 0 Å². The van der Waals surface area contributed by atoms with Gasteiger partial charge in [-0.15, -0.1) is 0 Å². The molecule has 2 aromatic carbocycles. The van der Waals surface area contributed by atoms with Crippen LogP contribution in [0.1, 0.15) is 24.2 Å². The summed E-state index contributed by atoms with van der Waals surface area (Å²) >= 11 is 0. The van der Waals surface area contributed by atoms with Gasteiger partial charge in [0.15, 0.2) is 6.61 Å². The topological polar surface area (TPSA) is 67.9 Å². The first-order valence-corrected chi connectivity index (χ1v) is 9.09. The molecule has 0 fully saturated rings. The summed E-state index contributed by atoms with van der Waals surface area (Å²) in [7, 11) is 0. The third kappa shape index (κ3) is 7.11. The highest BCUT2D eigenvalue weighted by Crippen LogP contribution is 2.12. The largest absolute Gasteiger partial charge is 0.484 e. The highest BCUT2D eigenvalue weighted by Gasteiger charge is 2.09. The molecule has 144 valence electrons. The van der Waals surface area contributed by atoms with Gasteiger partial charge in [0.25, 0.3) is 5.91 Å². The zero-order valence-corrected chi connectivity index (χ0v) is 15.8. The SMILES string of the molecule is CCN(CC)CCOC(=O)c1ccc(NC(=O)COc2ccccc2)cc1. The number of anilines is 1. The standard InChI is InChI=1S/C21H26N2O4/c1-3-23(4-2)14-15-26-21(25)17-10-12-18(13-11-17)22-20(24)16-27-19-8-6-5-7-9-19/h5-13H,3-4,14-16H2,1-2H3,(H,22,24). The van der Waals surface area contributed by atoms with Gasteiger partial charge in [0, 0.05) is 12.2 Å². The number of ether oxygens (including phenoxy) is 2. The lowest BCUT2D eigenvalue weighted by Gasteiger charge is -2.17. The van der Waals surface area contributed by atoms with Crippen LogP contribution in [0.2, 0.25) is 0 Å². The van der Waals surface area contributed by atoms with E-state index in [4.69, 9.17) is 9.47 Å². The van der Waals surface area contributed by atoms with Gasteiger partial charge in [0.05, 0.1) is 5.56 Å². The number of benzene rings is 2. The summed E-state index contributed by atoms with van der Waals surface area (Å²) in [4.78, 5) is 26.2. The number of nitrogens with one attached hydrogen (secondary N) is 1. The summed E-state index contributed by atoms with van der Waals surface area (Å²) in [5.74, 6) is -0.00343. The maximum Gasteiger partial charge on any atom is 0.338 e. The van der Waals surface area contributed by atoms with Crippen LogP contribution in [0.4, 0.5) is 5.69 Å². The number of carbonyl (C=O) groups excluding carboxylic acids is 2. The molecule has 0 unspecified atom stereocenters. The van der Waals surface area contributed by atoms with Crippen LogP contribution in [-0.2, 0) is 9.53 Å². The van der Waals surface area contributed by atoms with Crippen LogP contribution >= 0.6 is 0 Å². The Kier molecular flexibility index (Phi) is 8.32. The molecule has 0 radical (unpaired) electrons. The van der Waals surface area contributed by atoms with E-state index in [1.165, 1.54) is 0 Å². The summed E-state index contributed by atoms with van der Waals surface area (Å²) in [5, 5.41) is 2.73. The van der Waals surface area contributed by atoms with E-state index in [-0.39, 0.29) is 18.5 Å². The summed E-state index contributed by atoms with van der Waals surface area (Å²) in [6.45, 7) is 6.99. The highest BCUT2D eigenvalue weighted by molar-refractivity contribution is 5.93. The van der Waals surface area contributed by atoms with Crippen molar-refractivity contribution in [1.82, 2.24) is 4.90 Å². The van der Waals surface area contributed by atoms with E-state index < -0.39 is 0 Å². The zero-order valence-electron chi connectivity index (χ0n) is 15.8. The number of carbonyl (C=O) groups is 2. The highest BCUT2D eigenvalue weighted by atomic mass is 16.5. The second-order valence-electron chi connectivity index (χ2n) is 5.89. The Morgan fingerprint density at radius 3 is 2.26 bits per heavy atom. The Balaban J connectivity index is 1.76. The van der Waals surface area contributed by atoms with Crippen LogP contribution in [0.15, 0.2) is 54.6 Å². The molecule has 2 rings (SSSR count). The van der Waals surface area contributed by atoms with Gasteiger partial charge in [-0.1, -0.05) is 32.0 Å². The van der Waals surface area contributed by atoms with Gasteiger partial charge in [0.2, 0.25) is 0 Å². The van der Waals surface area contributed by atoms with E-state index in [0.29, 0.717) is 30.2 Å². The van der Waals surface area contributed by atoms with E-state index in [1.54, 1.807) is 36.4 Å². The molecule has 0 saturated heterocycles. The van der Waals surface area contributed by atoms with Gasteiger partial charge >= 0.3 is 5.97 Å². The monoisotopic (exact) mass is 370 g/mol. The molecule has 1 N–H and O–H groups in total. The van der Waals surface area contributed by atoms with Crippen molar-refractivity contribution in [3.63, 3.8) is 0 Å². The Morgan fingerprint density at radius 1 is 0.963 bits per heavy atom. The molecule has 0 aliphatic heterocycles. The fraction of sp³-hybridized carbons (Fsp3) is 0.333. The van der Waals surface area contributed by atoms with Gasteiger partial charge in [-0.3, -0.25) is 4.79 Å². The van der Waals surface area contributed by atoms with Crippen molar-refractivity contribution in [3.05, 3.63) is 60.2 Å². The van der Waals surface area contributed by atoms with Crippen molar-refractivity contribution in [2.45, 2.75) is 13.8 Å². The number of hydrogen-bond acceptors (Lipinski definition) is 5. The van der Waals surface area contributed by atoms with Crippen LogP contribution in [0.25, 0.3) is 0 Å². The lowest BCUT2D eigenvalue weighted by Crippen LogP contribution is -2.27. The Labute approximate surface area is 160 Å². The van der Waals surface area contributed by atoms with Gasteiger partial charge in [0.1, 0.15) is 12.4 Å². The number of likely N-dealkylation sites (N-methyl/N-ethyl adjacent to an activating group) is 1. The number of amides is 1. The Hall–Kier alpha value is -2.86. The lowest BCUT2D eigenvalue weighted by atomic mass is 10.2. The van der Waals surface area contributed by atoms with E-state index in [0.717, 1.165) is 13.1 Å². The summed E-state index contributed by atoms with van der Waals surface area (Å²) in [6, 6.07) is 15.7. The van der Waals surface area contributed by atoms with Crippen LogP contribution in [0.5, 0.6) is 5.75 Å². The van der Waals surface area contributed by atoms with E-state index in [1.807, 2.05) is 18.2 Å². The van der Waals surface area contributed by atoms with Crippen molar-refractivity contribution < 1.29 is 19.1 Å². The quantitative estimate of drug-likeness (QED) is 0.651. The lowest BCUT2D eigenvalue weighted by molar-refractivity contribution is -0.118. The smallest absolute Gasteiger partial charge is 0.338 e. The molecule has 2 aromatic rings.